The number of nitrogens with one attached hydrogen (secondary N) is 1. The van der Waals surface area contributed by atoms with Crippen molar-refractivity contribution in [3.05, 3.63) is 62.7 Å². The quantitative estimate of drug-likeness (QED) is 0.537. The lowest BCUT2D eigenvalue weighted by Gasteiger charge is -2.20. The number of amides is 1. The van der Waals surface area contributed by atoms with E-state index < -0.39 is 33.3 Å². The van der Waals surface area contributed by atoms with E-state index in [1.54, 1.807) is 12.1 Å². The number of rotatable bonds is 6. The molecule has 0 aliphatic carbocycles. The molecule has 0 aliphatic heterocycles. The van der Waals surface area contributed by atoms with Crippen LogP contribution in [0, 0.1) is 10.1 Å². The third-order valence-corrected chi connectivity index (χ3v) is 4.34. The van der Waals surface area contributed by atoms with Crippen LogP contribution in [0.3, 0.4) is 0 Å². The van der Waals surface area contributed by atoms with Gasteiger partial charge in [0.25, 0.3) is 5.69 Å². The van der Waals surface area contributed by atoms with Crippen LogP contribution in [-0.4, -0.2) is 24.4 Å². The summed E-state index contributed by atoms with van der Waals surface area (Å²) in [5.74, 6) is -0.478. The van der Waals surface area contributed by atoms with Crippen LogP contribution in [0.5, 0.6) is 0 Å². The van der Waals surface area contributed by atoms with Crippen LogP contribution in [-0.2, 0) is 17.4 Å². The van der Waals surface area contributed by atoms with Crippen molar-refractivity contribution in [1.82, 2.24) is 0 Å². The summed E-state index contributed by atoms with van der Waals surface area (Å²) in [7, 11) is 1.36. The lowest BCUT2D eigenvalue weighted by atomic mass is 10.1. The minimum Gasteiger partial charge on any atom is -0.360 e. The zero-order chi connectivity index (χ0) is 21.1. The van der Waals surface area contributed by atoms with Crippen molar-refractivity contribution in [3.63, 3.8) is 0 Å². The topological polar surface area (TPSA) is 75.5 Å². The number of nitro groups is 1. The van der Waals surface area contributed by atoms with Gasteiger partial charge in [0.2, 0.25) is 5.91 Å². The molecule has 0 bridgehead atoms. The summed E-state index contributed by atoms with van der Waals surface area (Å²) >= 11 is 5.67. The number of likely N-dealkylation sites (N-methyl/N-ethyl adjacent to an activating group) is 1. The van der Waals surface area contributed by atoms with E-state index >= 15 is 0 Å². The second-order valence-electron chi connectivity index (χ2n) is 5.99. The molecule has 0 saturated carbocycles. The molecular weight excluding hydrogens is 399 g/mol. The minimum absolute atomic E-state index is 0.193. The molecule has 0 unspecified atom stereocenters. The highest BCUT2D eigenvalue weighted by atomic mass is 35.5. The van der Waals surface area contributed by atoms with Crippen molar-refractivity contribution in [2.45, 2.75) is 19.5 Å². The Labute approximate surface area is 164 Å². The maximum Gasteiger partial charge on any atom is 0.418 e. The van der Waals surface area contributed by atoms with Gasteiger partial charge >= 0.3 is 6.18 Å². The van der Waals surface area contributed by atoms with Gasteiger partial charge in [0.05, 0.1) is 22.1 Å². The highest BCUT2D eigenvalue weighted by Crippen LogP contribution is 2.41. The summed E-state index contributed by atoms with van der Waals surface area (Å²) in [5.41, 5.74) is -0.785. The van der Waals surface area contributed by atoms with E-state index in [1.807, 2.05) is 19.1 Å². The Morgan fingerprint density at radius 3 is 2.50 bits per heavy atom. The standard InChI is InChI=1S/C18H17ClF3N3O3/c1-3-11-6-4-5-7-14(11)23-17(26)10-24(2)15-9-13(19)12(18(20,21)22)8-16(15)25(27)28/h4-9H,3,10H2,1-2H3,(H,23,26). The highest BCUT2D eigenvalue weighted by Gasteiger charge is 2.36. The van der Waals surface area contributed by atoms with E-state index in [2.05, 4.69) is 5.32 Å². The van der Waals surface area contributed by atoms with Crippen LogP contribution in [0.1, 0.15) is 18.1 Å². The number of anilines is 2. The fraction of sp³-hybridized carbons (Fsp3) is 0.278. The molecule has 0 fully saturated rings. The Balaban J connectivity index is 2.28. The molecule has 2 rings (SSSR count). The molecule has 6 nitrogen and oxygen atoms in total. The summed E-state index contributed by atoms with van der Waals surface area (Å²) in [6.07, 6.45) is -4.15. The second kappa shape index (κ2) is 8.47. The number of hydrogen-bond donors (Lipinski definition) is 1. The predicted octanol–water partition coefficient (Wildman–Crippen LogP) is 4.90. The van der Waals surface area contributed by atoms with Gasteiger partial charge in [-0.05, 0) is 24.1 Å². The number of benzene rings is 2. The number of para-hydroxylation sites is 1. The average Bonchev–Trinajstić information content (AvgIpc) is 2.60. The van der Waals surface area contributed by atoms with Crippen LogP contribution in [0.25, 0.3) is 0 Å². The molecule has 150 valence electrons. The van der Waals surface area contributed by atoms with Gasteiger partial charge in [-0.25, -0.2) is 0 Å². The van der Waals surface area contributed by atoms with Gasteiger partial charge in [0.1, 0.15) is 5.69 Å². The number of aryl methyl sites for hydroxylation is 1. The number of carbonyl (C=O) groups is 1. The zero-order valence-electron chi connectivity index (χ0n) is 15.0. The molecule has 2 aromatic carbocycles. The van der Waals surface area contributed by atoms with Crippen LogP contribution in [0.4, 0.5) is 30.2 Å². The lowest BCUT2D eigenvalue weighted by molar-refractivity contribution is -0.384. The van der Waals surface area contributed by atoms with E-state index in [-0.39, 0.29) is 12.2 Å². The number of halogens is 4. The van der Waals surface area contributed by atoms with Crippen molar-refractivity contribution in [2.24, 2.45) is 0 Å². The Morgan fingerprint density at radius 1 is 1.29 bits per heavy atom. The Bertz CT molecular complexity index is 903. The van der Waals surface area contributed by atoms with E-state index in [4.69, 9.17) is 11.6 Å². The van der Waals surface area contributed by atoms with Crippen molar-refractivity contribution < 1.29 is 22.9 Å². The summed E-state index contributed by atoms with van der Waals surface area (Å²) in [5, 5.41) is 13.3. The molecule has 0 aliphatic rings. The molecule has 1 amide bonds. The molecule has 2 aromatic rings. The number of nitrogens with zero attached hydrogens (tertiary/aromatic N) is 2. The molecule has 0 spiro atoms. The number of alkyl halides is 3. The van der Waals surface area contributed by atoms with Gasteiger partial charge in [-0.3, -0.25) is 14.9 Å². The van der Waals surface area contributed by atoms with Crippen molar-refractivity contribution in [2.75, 3.05) is 23.8 Å². The number of carbonyl (C=O) groups excluding carboxylic acids is 1. The second-order valence-corrected chi connectivity index (χ2v) is 6.40. The van der Waals surface area contributed by atoms with Gasteiger partial charge in [-0.1, -0.05) is 36.7 Å². The van der Waals surface area contributed by atoms with Crippen molar-refractivity contribution in [1.29, 1.82) is 0 Å². The van der Waals surface area contributed by atoms with Crippen molar-refractivity contribution >= 4 is 34.6 Å². The van der Waals surface area contributed by atoms with E-state index in [0.717, 1.165) is 11.6 Å². The van der Waals surface area contributed by atoms with Crippen LogP contribution >= 0.6 is 11.6 Å². The van der Waals surface area contributed by atoms with Crippen LogP contribution in [0.2, 0.25) is 5.02 Å². The highest BCUT2D eigenvalue weighted by molar-refractivity contribution is 6.31. The number of hydrogen-bond acceptors (Lipinski definition) is 4. The van der Waals surface area contributed by atoms with Gasteiger partial charge in [0, 0.05) is 18.8 Å². The molecule has 0 saturated heterocycles. The molecule has 1 N–H and O–H groups in total. The molecule has 0 heterocycles. The lowest BCUT2D eigenvalue weighted by Crippen LogP contribution is -2.31. The summed E-state index contributed by atoms with van der Waals surface area (Å²) in [4.78, 5) is 23.8. The van der Waals surface area contributed by atoms with Crippen molar-refractivity contribution in [3.8, 4) is 0 Å². The molecule has 10 heteroatoms. The first-order valence-corrected chi connectivity index (χ1v) is 8.56. The predicted molar refractivity (Wildman–Crippen MR) is 101 cm³/mol. The molecular formula is C18H17ClF3N3O3. The van der Waals surface area contributed by atoms with Crippen LogP contribution < -0.4 is 10.2 Å². The van der Waals surface area contributed by atoms with Gasteiger partial charge in [-0.2, -0.15) is 13.2 Å². The van der Waals surface area contributed by atoms with Gasteiger partial charge < -0.3 is 10.2 Å². The molecule has 28 heavy (non-hydrogen) atoms. The summed E-state index contributed by atoms with van der Waals surface area (Å²) < 4.78 is 38.9. The largest absolute Gasteiger partial charge is 0.418 e. The minimum atomic E-state index is -4.83. The van der Waals surface area contributed by atoms with E-state index in [9.17, 15) is 28.1 Å². The number of nitro benzene ring substituents is 1. The van der Waals surface area contributed by atoms with Gasteiger partial charge in [0.15, 0.2) is 0 Å². The SMILES string of the molecule is CCc1ccccc1NC(=O)CN(C)c1cc(Cl)c(C(F)(F)F)cc1[N+](=O)[O-]. The normalized spacial score (nSPS) is 11.2. The van der Waals surface area contributed by atoms with Gasteiger partial charge in [-0.15, -0.1) is 0 Å². The first-order chi connectivity index (χ1) is 13.0. The average molecular weight is 416 g/mol. The Kier molecular flexibility index (Phi) is 6.50. The Morgan fingerprint density at radius 2 is 1.93 bits per heavy atom. The first-order valence-electron chi connectivity index (χ1n) is 8.18. The monoisotopic (exact) mass is 415 g/mol. The molecule has 0 atom stereocenters. The third kappa shape index (κ3) is 4.92. The van der Waals surface area contributed by atoms with E-state index in [0.29, 0.717) is 18.2 Å². The Hall–Kier alpha value is -2.81. The van der Waals surface area contributed by atoms with Crippen LogP contribution in [0.15, 0.2) is 36.4 Å². The first kappa shape index (κ1) is 21.5. The zero-order valence-corrected chi connectivity index (χ0v) is 15.8. The summed E-state index contributed by atoms with van der Waals surface area (Å²) in [6.45, 7) is 1.60. The maximum atomic E-state index is 13.0. The smallest absolute Gasteiger partial charge is 0.360 e. The maximum absolute atomic E-state index is 13.0. The van der Waals surface area contributed by atoms with E-state index in [1.165, 1.54) is 11.9 Å². The molecule has 0 radical (unpaired) electrons. The fourth-order valence-corrected chi connectivity index (χ4v) is 2.93. The fourth-order valence-electron chi connectivity index (χ4n) is 2.66. The summed E-state index contributed by atoms with van der Waals surface area (Å²) in [6, 6.07) is 8.36. The molecule has 0 aromatic heterocycles. The third-order valence-electron chi connectivity index (χ3n) is 4.03.